The van der Waals surface area contributed by atoms with Crippen molar-refractivity contribution in [2.24, 2.45) is 0 Å². The van der Waals surface area contributed by atoms with Gasteiger partial charge in [0.25, 0.3) is 0 Å². The maximum atomic E-state index is 12.1. The Morgan fingerprint density at radius 1 is 1.45 bits per heavy atom. The number of hydrogen-bond acceptors (Lipinski definition) is 3. The van der Waals surface area contributed by atoms with Crippen molar-refractivity contribution in [2.75, 3.05) is 20.7 Å². The molecular formula is C16H24N2O2. The fourth-order valence-electron chi connectivity index (χ4n) is 2.22. The molecule has 0 bridgehead atoms. The van der Waals surface area contributed by atoms with E-state index in [0.29, 0.717) is 12.6 Å². The third-order valence-corrected chi connectivity index (χ3v) is 3.88. The van der Waals surface area contributed by atoms with Crippen molar-refractivity contribution >= 4 is 5.91 Å². The monoisotopic (exact) mass is 276 g/mol. The number of methoxy groups -OCH3 is 1. The number of nitrogens with one attached hydrogen (secondary N) is 1. The number of amides is 1. The zero-order chi connectivity index (χ0) is 14.5. The largest absolute Gasteiger partial charge is 0.496 e. The van der Waals surface area contributed by atoms with Gasteiger partial charge in [-0.1, -0.05) is 18.2 Å². The molecule has 1 saturated carbocycles. The van der Waals surface area contributed by atoms with Crippen LogP contribution in [0.2, 0.25) is 0 Å². The Labute approximate surface area is 121 Å². The molecule has 0 spiro atoms. The smallest absolute Gasteiger partial charge is 0.236 e. The van der Waals surface area contributed by atoms with Crippen LogP contribution in [0.4, 0.5) is 0 Å². The lowest BCUT2D eigenvalue weighted by atomic mass is 10.1. The molecule has 0 saturated heterocycles. The molecule has 1 amide bonds. The summed E-state index contributed by atoms with van der Waals surface area (Å²) in [6.07, 6.45) is 3.21. The van der Waals surface area contributed by atoms with Gasteiger partial charge >= 0.3 is 0 Å². The van der Waals surface area contributed by atoms with Crippen molar-refractivity contribution in [1.29, 1.82) is 0 Å². The van der Waals surface area contributed by atoms with Crippen molar-refractivity contribution in [3.05, 3.63) is 29.8 Å². The quantitative estimate of drug-likeness (QED) is 0.826. The molecular weight excluding hydrogens is 252 g/mol. The zero-order valence-corrected chi connectivity index (χ0v) is 12.6. The average molecular weight is 276 g/mol. The highest BCUT2D eigenvalue weighted by molar-refractivity contribution is 5.78. The third-order valence-electron chi connectivity index (χ3n) is 3.88. The number of benzene rings is 1. The van der Waals surface area contributed by atoms with Crippen LogP contribution in [-0.4, -0.2) is 43.6 Å². The maximum Gasteiger partial charge on any atom is 0.236 e. The lowest BCUT2D eigenvalue weighted by Crippen LogP contribution is -2.42. The number of rotatable bonds is 7. The van der Waals surface area contributed by atoms with E-state index in [0.717, 1.165) is 17.7 Å². The predicted molar refractivity (Wildman–Crippen MR) is 80.0 cm³/mol. The topological polar surface area (TPSA) is 41.6 Å². The minimum atomic E-state index is 0.152. The van der Waals surface area contributed by atoms with Crippen LogP contribution in [0, 0.1) is 0 Å². The summed E-state index contributed by atoms with van der Waals surface area (Å²) in [4.78, 5) is 13.9. The molecule has 0 radical (unpaired) electrons. The molecule has 4 heteroatoms. The number of ether oxygens (including phenoxy) is 1. The van der Waals surface area contributed by atoms with Crippen LogP contribution in [0.25, 0.3) is 0 Å². The van der Waals surface area contributed by atoms with Crippen LogP contribution in [0.3, 0.4) is 0 Å². The van der Waals surface area contributed by atoms with Gasteiger partial charge in [0.2, 0.25) is 5.91 Å². The van der Waals surface area contributed by atoms with Gasteiger partial charge in [-0.05, 0) is 37.8 Å². The van der Waals surface area contributed by atoms with E-state index in [1.54, 1.807) is 7.11 Å². The van der Waals surface area contributed by atoms with Crippen LogP contribution in [0.1, 0.15) is 25.3 Å². The second-order valence-electron chi connectivity index (χ2n) is 5.52. The lowest BCUT2D eigenvalue weighted by Gasteiger charge is -2.26. The van der Waals surface area contributed by atoms with Gasteiger partial charge in [0, 0.05) is 19.1 Å². The van der Waals surface area contributed by atoms with Crippen molar-refractivity contribution in [3.63, 3.8) is 0 Å². The van der Waals surface area contributed by atoms with E-state index in [1.165, 1.54) is 12.8 Å². The van der Waals surface area contributed by atoms with Crippen molar-refractivity contribution in [3.8, 4) is 5.75 Å². The molecule has 1 aliphatic carbocycles. The molecule has 0 heterocycles. The molecule has 1 atom stereocenters. The molecule has 1 aromatic rings. The van der Waals surface area contributed by atoms with E-state index < -0.39 is 0 Å². The summed E-state index contributed by atoms with van der Waals surface area (Å²) in [6.45, 7) is 2.51. The first-order chi connectivity index (χ1) is 9.61. The highest BCUT2D eigenvalue weighted by Gasteiger charge is 2.23. The summed E-state index contributed by atoms with van der Waals surface area (Å²) in [7, 11) is 3.55. The number of likely N-dealkylation sites (N-methyl/N-ethyl adjacent to an activating group) is 1. The standard InChI is InChI=1S/C16H24N2O2/c1-12(10-13-6-4-5-7-15(13)20-3)18(2)16(19)11-17-14-8-9-14/h4-7,12,14,17H,8-11H2,1-3H3. The number of hydrogen-bond donors (Lipinski definition) is 1. The number of para-hydroxylation sites is 1. The highest BCUT2D eigenvalue weighted by Crippen LogP contribution is 2.20. The molecule has 1 N–H and O–H groups in total. The Morgan fingerprint density at radius 3 is 2.80 bits per heavy atom. The summed E-state index contributed by atoms with van der Waals surface area (Å²) < 4.78 is 5.36. The first-order valence-corrected chi connectivity index (χ1v) is 7.22. The average Bonchev–Trinajstić information content (AvgIpc) is 3.28. The summed E-state index contributed by atoms with van der Waals surface area (Å²) in [5.41, 5.74) is 1.14. The van der Waals surface area contributed by atoms with Crippen LogP contribution < -0.4 is 10.1 Å². The highest BCUT2D eigenvalue weighted by atomic mass is 16.5. The van der Waals surface area contributed by atoms with Crippen LogP contribution in [0.5, 0.6) is 5.75 Å². The Hall–Kier alpha value is -1.55. The minimum Gasteiger partial charge on any atom is -0.496 e. The van der Waals surface area contributed by atoms with Crippen molar-refractivity contribution in [1.82, 2.24) is 10.2 Å². The van der Waals surface area contributed by atoms with Gasteiger partial charge in [-0.25, -0.2) is 0 Å². The lowest BCUT2D eigenvalue weighted by molar-refractivity contribution is -0.130. The van der Waals surface area contributed by atoms with Gasteiger partial charge in [-0.3, -0.25) is 4.79 Å². The molecule has 4 nitrogen and oxygen atoms in total. The van der Waals surface area contributed by atoms with Gasteiger partial charge in [-0.2, -0.15) is 0 Å². The molecule has 110 valence electrons. The van der Waals surface area contributed by atoms with Crippen LogP contribution in [-0.2, 0) is 11.2 Å². The molecule has 0 aromatic heterocycles. The van der Waals surface area contributed by atoms with E-state index in [-0.39, 0.29) is 11.9 Å². The molecule has 0 aliphatic heterocycles. The van der Waals surface area contributed by atoms with Gasteiger partial charge in [0.1, 0.15) is 5.75 Å². The third kappa shape index (κ3) is 3.97. The number of nitrogens with zero attached hydrogens (tertiary/aromatic N) is 1. The van der Waals surface area contributed by atoms with Gasteiger partial charge < -0.3 is 15.0 Å². The summed E-state index contributed by atoms with van der Waals surface area (Å²) in [6, 6.07) is 8.69. The van der Waals surface area contributed by atoms with E-state index in [4.69, 9.17) is 4.74 Å². The summed E-state index contributed by atoms with van der Waals surface area (Å²) in [5, 5.41) is 3.26. The van der Waals surface area contributed by atoms with E-state index in [1.807, 2.05) is 30.1 Å². The number of carbonyl (C=O) groups is 1. The Bertz CT molecular complexity index is 458. The van der Waals surface area contributed by atoms with E-state index in [9.17, 15) is 4.79 Å². The van der Waals surface area contributed by atoms with E-state index >= 15 is 0 Å². The second-order valence-corrected chi connectivity index (χ2v) is 5.52. The first-order valence-electron chi connectivity index (χ1n) is 7.22. The molecule has 1 aliphatic rings. The van der Waals surface area contributed by atoms with Gasteiger partial charge in [0.15, 0.2) is 0 Å². The Morgan fingerprint density at radius 2 is 2.15 bits per heavy atom. The Balaban J connectivity index is 1.88. The normalized spacial score (nSPS) is 15.8. The fraction of sp³-hybridized carbons (Fsp3) is 0.562. The zero-order valence-electron chi connectivity index (χ0n) is 12.6. The first kappa shape index (κ1) is 14.9. The molecule has 2 rings (SSSR count). The van der Waals surface area contributed by atoms with E-state index in [2.05, 4.69) is 18.3 Å². The Kier molecular flexibility index (Phi) is 5.01. The summed E-state index contributed by atoms with van der Waals surface area (Å²) >= 11 is 0. The van der Waals surface area contributed by atoms with Gasteiger partial charge in [0.05, 0.1) is 13.7 Å². The maximum absolute atomic E-state index is 12.1. The summed E-state index contributed by atoms with van der Waals surface area (Å²) in [5.74, 6) is 1.04. The molecule has 1 fully saturated rings. The van der Waals surface area contributed by atoms with Crippen LogP contribution >= 0.6 is 0 Å². The second kappa shape index (κ2) is 6.75. The fourth-order valence-corrected chi connectivity index (χ4v) is 2.22. The predicted octanol–water partition coefficient (Wildman–Crippen LogP) is 1.84. The van der Waals surface area contributed by atoms with Crippen molar-refractivity contribution < 1.29 is 9.53 Å². The minimum absolute atomic E-state index is 0.152. The molecule has 20 heavy (non-hydrogen) atoms. The molecule has 1 aromatic carbocycles. The SMILES string of the molecule is COc1ccccc1CC(C)N(C)C(=O)CNC1CC1. The van der Waals surface area contributed by atoms with Gasteiger partial charge in [-0.15, -0.1) is 0 Å². The van der Waals surface area contributed by atoms with Crippen molar-refractivity contribution in [2.45, 2.75) is 38.3 Å². The molecule has 1 unspecified atom stereocenters. The number of carbonyl (C=O) groups excluding carboxylic acids is 1. The van der Waals surface area contributed by atoms with Crippen LogP contribution in [0.15, 0.2) is 24.3 Å².